The lowest BCUT2D eigenvalue weighted by Crippen LogP contribution is -2.31. The molecule has 2 heterocycles. The molecule has 3 nitrogen and oxygen atoms in total. The Morgan fingerprint density at radius 1 is 1.37 bits per heavy atom. The van der Waals surface area contributed by atoms with Gasteiger partial charge >= 0.3 is 0 Å². The summed E-state index contributed by atoms with van der Waals surface area (Å²) in [6, 6.07) is 8.52. The van der Waals surface area contributed by atoms with E-state index in [1.807, 2.05) is 0 Å². The van der Waals surface area contributed by atoms with Crippen LogP contribution in [0.5, 0.6) is 0 Å². The number of aromatic nitrogens is 2. The zero-order chi connectivity index (χ0) is 13.1. The molecule has 1 fully saturated rings. The van der Waals surface area contributed by atoms with E-state index in [1.54, 1.807) is 0 Å². The second-order valence-electron chi connectivity index (χ2n) is 5.58. The monoisotopic (exact) mass is 257 g/mol. The van der Waals surface area contributed by atoms with Crippen molar-refractivity contribution in [1.82, 2.24) is 14.9 Å². The molecule has 1 aromatic heterocycles. The molecule has 0 amide bonds. The van der Waals surface area contributed by atoms with Crippen molar-refractivity contribution in [1.29, 1.82) is 0 Å². The van der Waals surface area contributed by atoms with E-state index in [-0.39, 0.29) is 0 Å². The summed E-state index contributed by atoms with van der Waals surface area (Å²) in [6.45, 7) is 5.65. The summed E-state index contributed by atoms with van der Waals surface area (Å²) >= 11 is 0. The molecule has 3 rings (SSSR count). The molecule has 19 heavy (non-hydrogen) atoms. The van der Waals surface area contributed by atoms with E-state index in [0.717, 1.165) is 37.4 Å². The van der Waals surface area contributed by atoms with Gasteiger partial charge in [0.15, 0.2) is 0 Å². The van der Waals surface area contributed by atoms with E-state index in [2.05, 4.69) is 41.1 Å². The number of aryl methyl sites for hydroxylation is 1. The third-order valence-corrected chi connectivity index (χ3v) is 4.05. The number of benzene rings is 1. The Balaban J connectivity index is 1.90. The minimum Gasteiger partial charge on any atom is -0.328 e. The summed E-state index contributed by atoms with van der Waals surface area (Å²) in [6.07, 6.45) is 4.92. The van der Waals surface area contributed by atoms with Gasteiger partial charge in [-0.25, -0.2) is 4.98 Å². The molecule has 0 saturated carbocycles. The molecule has 2 aromatic rings. The largest absolute Gasteiger partial charge is 0.328 e. The highest BCUT2D eigenvalue weighted by molar-refractivity contribution is 5.75. The van der Waals surface area contributed by atoms with Gasteiger partial charge < -0.3 is 9.88 Å². The number of nitrogens with one attached hydrogen (secondary N) is 1. The number of imidazole rings is 1. The summed E-state index contributed by atoms with van der Waals surface area (Å²) in [5.41, 5.74) is 2.44. The zero-order valence-corrected chi connectivity index (χ0v) is 11.7. The molecule has 0 spiro atoms. The van der Waals surface area contributed by atoms with E-state index in [4.69, 9.17) is 4.98 Å². The van der Waals surface area contributed by atoms with Gasteiger partial charge in [-0.15, -0.1) is 0 Å². The molecule has 3 heteroatoms. The van der Waals surface area contributed by atoms with Gasteiger partial charge in [0.05, 0.1) is 11.0 Å². The molecule has 0 radical (unpaired) electrons. The van der Waals surface area contributed by atoms with Crippen LogP contribution < -0.4 is 5.32 Å². The van der Waals surface area contributed by atoms with Crippen LogP contribution in [0.25, 0.3) is 11.0 Å². The molecule has 0 aliphatic carbocycles. The van der Waals surface area contributed by atoms with Gasteiger partial charge in [0, 0.05) is 13.0 Å². The fourth-order valence-electron chi connectivity index (χ4n) is 3.11. The quantitative estimate of drug-likeness (QED) is 0.912. The summed E-state index contributed by atoms with van der Waals surface area (Å²) in [5.74, 6) is 2.03. The van der Waals surface area contributed by atoms with Crippen LogP contribution in [0.3, 0.4) is 0 Å². The van der Waals surface area contributed by atoms with Gasteiger partial charge in [-0.05, 0) is 50.4 Å². The van der Waals surface area contributed by atoms with Crippen LogP contribution in [0.1, 0.15) is 32.0 Å². The average molecular weight is 257 g/mol. The predicted octanol–water partition coefficient (Wildman–Crippen LogP) is 2.99. The van der Waals surface area contributed by atoms with Crippen LogP contribution >= 0.6 is 0 Å². The number of hydrogen-bond acceptors (Lipinski definition) is 2. The van der Waals surface area contributed by atoms with Crippen molar-refractivity contribution in [3.8, 4) is 0 Å². The van der Waals surface area contributed by atoms with Crippen molar-refractivity contribution in [2.24, 2.45) is 5.92 Å². The van der Waals surface area contributed by atoms with Crippen LogP contribution in [-0.4, -0.2) is 22.6 Å². The van der Waals surface area contributed by atoms with E-state index in [1.165, 1.54) is 30.7 Å². The average Bonchev–Trinajstić information content (AvgIpc) is 2.79. The van der Waals surface area contributed by atoms with E-state index >= 15 is 0 Å². The predicted molar refractivity (Wildman–Crippen MR) is 79.3 cm³/mol. The molecular weight excluding hydrogens is 234 g/mol. The van der Waals surface area contributed by atoms with Crippen molar-refractivity contribution < 1.29 is 0 Å². The van der Waals surface area contributed by atoms with Crippen LogP contribution in [0.15, 0.2) is 24.3 Å². The first-order chi connectivity index (χ1) is 9.38. The van der Waals surface area contributed by atoms with Gasteiger partial charge in [-0.2, -0.15) is 0 Å². The number of hydrogen-bond donors (Lipinski definition) is 1. The zero-order valence-electron chi connectivity index (χ0n) is 11.7. The first-order valence-corrected chi connectivity index (χ1v) is 7.53. The number of rotatable bonds is 4. The molecule has 1 unspecified atom stereocenters. The minimum absolute atomic E-state index is 0.751. The van der Waals surface area contributed by atoms with E-state index in [0.29, 0.717) is 0 Å². The van der Waals surface area contributed by atoms with Gasteiger partial charge in [0.25, 0.3) is 0 Å². The fraction of sp³-hybridized carbons (Fsp3) is 0.562. The van der Waals surface area contributed by atoms with Crippen molar-refractivity contribution >= 4 is 11.0 Å². The minimum atomic E-state index is 0.751. The SMILES string of the molecule is CCCn1c(CC2CCCNC2)nc2ccccc21. The first-order valence-electron chi connectivity index (χ1n) is 7.53. The Bertz CT molecular complexity index is 538. The Morgan fingerprint density at radius 2 is 2.26 bits per heavy atom. The first kappa shape index (κ1) is 12.7. The maximum absolute atomic E-state index is 4.86. The smallest absolute Gasteiger partial charge is 0.110 e. The number of para-hydroxylation sites is 2. The second kappa shape index (κ2) is 5.74. The summed E-state index contributed by atoms with van der Waals surface area (Å²) in [4.78, 5) is 4.86. The lowest BCUT2D eigenvalue weighted by molar-refractivity contribution is 0.366. The van der Waals surface area contributed by atoms with Gasteiger partial charge in [0.2, 0.25) is 0 Å². The molecule has 1 atom stereocenters. The highest BCUT2D eigenvalue weighted by atomic mass is 15.1. The van der Waals surface area contributed by atoms with Crippen molar-refractivity contribution in [2.45, 2.75) is 39.2 Å². The highest BCUT2D eigenvalue weighted by Gasteiger charge is 2.17. The van der Waals surface area contributed by atoms with E-state index < -0.39 is 0 Å². The summed E-state index contributed by atoms with van der Waals surface area (Å²) in [7, 11) is 0. The third-order valence-electron chi connectivity index (χ3n) is 4.05. The summed E-state index contributed by atoms with van der Waals surface area (Å²) < 4.78 is 2.42. The lowest BCUT2D eigenvalue weighted by Gasteiger charge is -2.22. The molecule has 1 aromatic carbocycles. The number of nitrogens with zero attached hydrogens (tertiary/aromatic N) is 2. The van der Waals surface area contributed by atoms with Gasteiger partial charge in [-0.1, -0.05) is 19.1 Å². The van der Waals surface area contributed by atoms with Crippen molar-refractivity contribution in [3.05, 3.63) is 30.1 Å². The highest BCUT2D eigenvalue weighted by Crippen LogP contribution is 2.21. The topological polar surface area (TPSA) is 29.9 Å². The van der Waals surface area contributed by atoms with Crippen LogP contribution in [-0.2, 0) is 13.0 Å². The molecule has 1 aliphatic heterocycles. The molecule has 1 aliphatic rings. The maximum Gasteiger partial charge on any atom is 0.110 e. The Morgan fingerprint density at radius 3 is 3.05 bits per heavy atom. The number of piperidine rings is 1. The van der Waals surface area contributed by atoms with Gasteiger partial charge in [-0.3, -0.25) is 0 Å². The van der Waals surface area contributed by atoms with Crippen LogP contribution in [0, 0.1) is 5.92 Å². The van der Waals surface area contributed by atoms with Crippen molar-refractivity contribution in [2.75, 3.05) is 13.1 Å². The lowest BCUT2D eigenvalue weighted by atomic mass is 9.96. The molecule has 0 bridgehead atoms. The number of fused-ring (bicyclic) bond motifs is 1. The Kier molecular flexibility index (Phi) is 3.83. The second-order valence-corrected chi connectivity index (χ2v) is 5.58. The third kappa shape index (κ3) is 2.66. The molecule has 1 N–H and O–H groups in total. The fourth-order valence-corrected chi connectivity index (χ4v) is 3.11. The maximum atomic E-state index is 4.86. The van der Waals surface area contributed by atoms with Crippen LogP contribution in [0.2, 0.25) is 0 Å². The van der Waals surface area contributed by atoms with Crippen molar-refractivity contribution in [3.63, 3.8) is 0 Å². The Hall–Kier alpha value is -1.35. The van der Waals surface area contributed by atoms with Gasteiger partial charge in [0.1, 0.15) is 5.82 Å². The van der Waals surface area contributed by atoms with E-state index in [9.17, 15) is 0 Å². The Labute approximate surface area is 115 Å². The van der Waals surface area contributed by atoms with Crippen LogP contribution in [0.4, 0.5) is 0 Å². The summed E-state index contributed by atoms with van der Waals surface area (Å²) in [5, 5.41) is 3.50. The molecular formula is C16H23N3. The molecule has 102 valence electrons. The standard InChI is InChI=1S/C16H23N3/c1-2-10-19-15-8-4-3-7-14(15)18-16(19)11-13-6-5-9-17-12-13/h3-4,7-8,13,17H,2,5-6,9-12H2,1H3. The normalized spacial score (nSPS) is 19.9. The molecule has 1 saturated heterocycles.